The van der Waals surface area contributed by atoms with E-state index in [4.69, 9.17) is 9.15 Å². The summed E-state index contributed by atoms with van der Waals surface area (Å²) in [6.07, 6.45) is 1.28. The number of carbonyl (C=O) groups excluding carboxylic acids is 1. The number of nitrogens with zero attached hydrogens (tertiary/aromatic N) is 1. The zero-order valence-electron chi connectivity index (χ0n) is 17.1. The molecule has 6 nitrogen and oxygen atoms in total. The lowest BCUT2D eigenvalue weighted by Crippen LogP contribution is -3.13. The topological polar surface area (TPSA) is 64.2 Å². The van der Waals surface area contributed by atoms with Crippen LogP contribution in [0.25, 0.3) is 0 Å². The van der Waals surface area contributed by atoms with Crippen molar-refractivity contribution in [3.8, 4) is 5.75 Å². The van der Waals surface area contributed by atoms with Crippen LogP contribution in [0.5, 0.6) is 5.75 Å². The minimum atomic E-state index is -0.300. The van der Waals surface area contributed by atoms with Gasteiger partial charge in [0.1, 0.15) is 18.6 Å². The third-order valence-electron chi connectivity index (χ3n) is 5.39. The highest BCUT2D eigenvalue weighted by Crippen LogP contribution is 2.14. The molecule has 0 amide bonds. The number of piperazine rings is 1. The van der Waals surface area contributed by atoms with E-state index < -0.39 is 0 Å². The Bertz CT molecular complexity index is 1070. The van der Waals surface area contributed by atoms with Crippen molar-refractivity contribution >= 4 is 11.5 Å². The van der Waals surface area contributed by atoms with Gasteiger partial charge in [-0.1, -0.05) is 30.3 Å². The third kappa shape index (κ3) is 5.38. The number of rotatable bonds is 7. The van der Waals surface area contributed by atoms with Gasteiger partial charge < -0.3 is 19.0 Å². The van der Waals surface area contributed by atoms with Crippen LogP contribution in [-0.2, 0) is 6.54 Å². The van der Waals surface area contributed by atoms with Gasteiger partial charge in [-0.3, -0.25) is 9.59 Å². The summed E-state index contributed by atoms with van der Waals surface area (Å²) in [6.45, 7) is 3.82. The van der Waals surface area contributed by atoms with Gasteiger partial charge in [0.05, 0.1) is 26.2 Å². The molecule has 0 saturated carbocycles. The molecule has 2 aromatic carbocycles. The van der Waals surface area contributed by atoms with E-state index in [0.717, 1.165) is 31.9 Å². The fourth-order valence-corrected chi connectivity index (χ4v) is 3.64. The van der Waals surface area contributed by atoms with E-state index in [9.17, 15) is 14.0 Å². The van der Waals surface area contributed by atoms with Gasteiger partial charge in [0.25, 0.3) is 0 Å². The summed E-state index contributed by atoms with van der Waals surface area (Å²) in [7, 11) is 0. The van der Waals surface area contributed by atoms with Gasteiger partial charge in [0.2, 0.25) is 11.2 Å². The number of ether oxygens (including phenoxy) is 1. The van der Waals surface area contributed by atoms with Gasteiger partial charge in [-0.05, 0) is 24.3 Å². The Kier molecular flexibility index (Phi) is 6.43. The summed E-state index contributed by atoms with van der Waals surface area (Å²) in [5.41, 5.74) is 1.25. The first-order valence-corrected chi connectivity index (χ1v) is 10.3. The molecule has 1 saturated heterocycles. The Labute approximate surface area is 179 Å². The highest BCUT2D eigenvalue weighted by atomic mass is 19.1. The summed E-state index contributed by atoms with van der Waals surface area (Å²) in [5, 5.41) is 0. The predicted molar refractivity (Wildman–Crippen MR) is 114 cm³/mol. The molecule has 7 heteroatoms. The van der Waals surface area contributed by atoms with Crippen LogP contribution in [0.1, 0.15) is 16.1 Å². The molecule has 0 radical (unpaired) electrons. The number of anilines is 1. The van der Waals surface area contributed by atoms with Crippen molar-refractivity contribution in [1.29, 1.82) is 0 Å². The van der Waals surface area contributed by atoms with Crippen molar-refractivity contribution in [2.24, 2.45) is 0 Å². The summed E-state index contributed by atoms with van der Waals surface area (Å²) >= 11 is 0. The quantitative estimate of drug-likeness (QED) is 0.589. The average Bonchev–Trinajstić information content (AvgIpc) is 2.80. The molecule has 4 rings (SSSR count). The standard InChI is InChI=1S/C24H23FN2O4/c25-19-6-8-20(9-7-19)27-12-10-26(11-13-27)15-21-14-22(28)24(17-30-21)31-16-23(29)18-4-2-1-3-5-18/h1-9,14,17H,10-13,15-16H2/p+1. The molecule has 1 aliphatic rings. The minimum absolute atomic E-state index is 0.0316. The van der Waals surface area contributed by atoms with Crippen molar-refractivity contribution in [3.05, 3.63) is 94.3 Å². The Morgan fingerprint density at radius 3 is 2.45 bits per heavy atom. The van der Waals surface area contributed by atoms with Crippen molar-refractivity contribution in [2.45, 2.75) is 6.54 Å². The molecule has 0 atom stereocenters. The number of halogens is 1. The van der Waals surface area contributed by atoms with Gasteiger partial charge in [0.15, 0.2) is 18.2 Å². The summed E-state index contributed by atoms with van der Waals surface area (Å²) in [6, 6.07) is 16.8. The Morgan fingerprint density at radius 1 is 1.06 bits per heavy atom. The maximum Gasteiger partial charge on any atom is 0.227 e. The van der Waals surface area contributed by atoms with E-state index in [2.05, 4.69) is 4.90 Å². The maximum atomic E-state index is 13.1. The number of hydrogen-bond donors (Lipinski definition) is 1. The highest BCUT2D eigenvalue weighted by Gasteiger charge is 2.21. The SMILES string of the molecule is O=C(COc1coc(C[NH+]2CCN(c3ccc(F)cc3)CC2)cc1=O)c1ccccc1. The van der Waals surface area contributed by atoms with Crippen LogP contribution in [0.4, 0.5) is 10.1 Å². The predicted octanol–water partition coefficient (Wildman–Crippen LogP) is 1.95. The first-order chi connectivity index (χ1) is 15.1. The van der Waals surface area contributed by atoms with Crippen LogP contribution in [0.2, 0.25) is 0 Å². The first-order valence-electron chi connectivity index (χ1n) is 10.3. The molecular weight excluding hydrogens is 399 g/mol. The molecule has 2 heterocycles. The van der Waals surface area contributed by atoms with Gasteiger partial charge >= 0.3 is 0 Å². The Balaban J connectivity index is 1.29. The lowest BCUT2D eigenvalue weighted by molar-refractivity contribution is -0.915. The molecule has 0 unspecified atom stereocenters. The van der Waals surface area contributed by atoms with Crippen LogP contribution >= 0.6 is 0 Å². The number of nitrogens with one attached hydrogen (secondary N) is 1. The molecular formula is C24H24FN2O4+. The van der Waals surface area contributed by atoms with E-state index in [0.29, 0.717) is 17.9 Å². The maximum absolute atomic E-state index is 13.1. The first kappa shape index (κ1) is 20.8. The van der Waals surface area contributed by atoms with Crippen LogP contribution < -0.4 is 20.0 Å². The third-order valence-corrected chi connectivity index (χ3v) is 5.39. The molecule has 1 N–H and O–H groups in total. The van der Waals surface area contributed by atoms with Crippen LogP contribution in [0.3, 0.4) is 0 Å². The molecule has 3 aromatic rings. The lowest BCUT2D eigenvalue weighted by Gasteiger charge is -2.33. The summed E-state index contributed by atoms with van der Waals surface area (Å²) in [5.74, 6) is 0.175. The van der Waals surface area contributed by atoms with Crippen molar-refractivity contribution in [3.63, 3.8) is 0 Å². The second-order valence-corrected chi connectivity index (χ2v) is 7.54. The molecule has 0 aliphatic carbocycles. The monoisotopic (exact) mass is 423 g/mol. The molecule has 1 aliphatic heterocycles. The van der Waals surface area contributed by atoms with Crippen LogP contribution in [-0.4, -0.2) is 38.6 Å². The number of Topliss-reactive ketones (excluding diaryl/α,β-unsaturated/α-hetero) is 1. The smallest absolute Gasteiger partial charge is 0.227 e. The zero-order chi connectivity index (χ0) is 21.6. The van der Waals surface area contributed by atoms with E-state index in [1.54, 1.807) is 36.4 Å². The highest BCUT2D eigenvalue weighted by molar-refractivity contribution is 5.97. The fourth-order valence-electron chi connectivity index (χ4n) is 3.64. The number of carbonyl (C=O) groups is 1. The number of quaternary nitrogens is 1. The van der Waals surface area contributed by atoms with Gasteiger partial charge in [0, 0.05) is 17.3 Å². The molecule has 0 spiro atoms. The number of benzene rings is 2. The molecule has 1 fully saturated rings. The van der Waals surface area contributed by atoms with Gasteiger partial charge in [-0.2, -0.15) is 0 Å². The molecule has 31 heavy (non-hydrogen) atoms. The van der Waals surface area contributed by atoms with E-state index in [1.165, 1.54) is 29.4 Å². The lowest BCUT2D eigenvalue weighted by atomic mass is 10.1. The minimum Gasteiger partial charge on any atom is -0.478 e. The number of hydrogen-bond acceptors (Lipinski definition) is 5. The normalized spacial score (nSPS) is 14.4. The fraction of sp³-hybridized carbons (Fsp3) is 0.250. The van der Waals surface area contributed by atoms with Gasteiger partial charge in [-0.25, -0.2) is 4.39 Å². The summed E-state index contributed by atoms with van der Waals surface area (Å²) in [4.78, 5) is 28.0. The van der Waals surface area contributed by atoms with Crippen molar-refractivity contribution < 1.29 is 23.2 Å². The Hall–Kier alpha value is -3.45. The molecule has 0 bridgehead atoms. The largest absolute Gasteiger partial charge is 0.478 e. The summed E-state index contributed by atoms with van der Waals surface area (Å²) < 4.78 is 24.1. The van der Waals surface area contributed by atoms with Gasteiger partial charge in [-0.15, -0.1) is 0 Å². The van der Waals surface area contributed by atoms with Crippen LogP contribution in [0, 0.1) is 5.82 Å². The zero-order valence-corrected chi connectivity index (χ0v) is 17.1. The number of ketones is 1. The van der Waals surface area contributed by atoms with E-state index in [1.807, 2.05) is 6.07 Å². The van der Waals surface area contributed by atoms with Crippen molar-refractivity contribution in [1.82, 2.24) is 0 Å². The second-order valence-electron chi connectivity index (χ2n) is 7.54. The molecule has 160 valence electrons. The second kappa shape index (κ2) is 9.57. The van der Waals surface area contributed by atoms with Crippen LogP contribution in [0.15, 0.2) is 76.1 Å². The van der Waals surface area contributed by atoms with E-state index in [-0.39, 0.29) is 29.4 Å². The average molecular weight is 423 g/mol. The van der Waals surface area contributed by atoms with E-state index >= 15 is 0 Å². The Morgan fingerprint density at radius 2 is 1.77 bits per heavy atom. The van der Waals surface area contributed by atoms with Crippen molar-refractivity contribution in [2.75, 3.05) is 37.7 Å². The molecule has 1 aromatic heterocycles.